The minimum atomic E-state index is 0.637. The third-order valence-corrected chi connectivity index (χ3v) is 2.72. The first kappa shape index (κ1) is 9.23. The Bertz CT molecular complexity index is 398. The van der Waals surface area contributed by atoms with E-state index in [0.717, 1.165) is 22.7 Å². The summed E-state index contributed by atoms with van der Waals surface area (Å²) in [7, 11) is 0. The van der Waals surface area contributed by atoms with Gasteiger partial charge in [0.15, 0.2) is 0 Å². The fourth-order valence-electron chi connectivity index (χ4n) is 1.12. The molecule has 0 aromatic carbocycles. The Labute approximate surface area is 85.8 Å². The average molecular weight is 206 g/mol. The van der Waals surface area contributed by atoms with E-state index in [1.807, 2.05) is 11.4 Å². The molecule has 0 atom stereocenters. The Morgan fingerprint density at radius 1 is 1.36 bits per heavy atom. The van der Waals surface area contributed by atoms with Crippen LogP contribution in [0.2, 0.25) is 0 Å². The number of hydrogen-bond donors (Lipinski definition) is 1. The fourth-order valence-corrected chi connectivity index (χ4v) is 1.96. The molecule has 5 heteroatoms. The van der Waals surface area contributed by atoms with Crippen molar-refractivity contribution in [1.82, 2.24) is 15.2 Å². The number of nitrogens with zero attached hydrogens (tertiary/aromatic N) is 3. The topological polar surface area (TPSA) is 64.7 Å². The van der Waals surface area contributed by atoms with Crippen molar-refractivity contribution < 1.29 is 0 Å². The zero-order valence-corrected chi connectivity index (χ0v) is 8.37. The second kappa shape index (κ2) is 4.26. The zero-order valence-electron chi connectivity index (χ0n) is 7.55. The summed E-state index contributed by atoms with van der Waals surface area (Å²) in [5.41, 5.74) is 7.50. The summed E-state index contributed by atoms with van der Waals surface area (Å²) in [5, 5.41) is 10.5. The highest BCUT2D eigenvalue weighted by Crippen LogP contribution is 2.22. The fraction of sp³-hybridized carbons (Fsp3) is 0.222. The normalized spacial score (nSPS) is 10.4. The smallest absolute Gasteiger partial charge is 0.125 e. The molecule has 4 nitrogen and oxygen atoms in total. The van der Waals surface area contributed by atoms with Crippen LogP contribution in [-0.2, 0) is 6.42 Å². The van der Waals surface area contributed by atoms with E-state index in [1.165, 1.54) is 0 Å². The van der Waals surface area contributed by atoms with E-state index in [-0.39, 0.29) is 0 Å². The van der Waals surface area contributed by atoms with Gasteiger partial charge < -0.3 is 5.73 Å². The number of nitrogens with two attached hydrogens (primary N) is 1. The molecule has 0 radical (unpaired) electrons. The lowest BCUT2D eigenvalue weighted by molar-refractivity contribution is 0.936. The van der Waals surface area contributed by atoms with Crippen LogP contribution in [0.1, 0.15) is 5.69 Å². The minimum absolute atomic E-state index is 0.637. The molecular formula is C9H10N4S. The number of thiazole rings is 1. The van der Waals surface area contributed by atoms with E-state index in [1.54, 1.807) is 23.7 Å². The van der Waals surface area contributed by atoms with Gasteiger partial charge in [-0.1, -0.05) is 0 Å². The van der Waals surface area contributed by atoms with E-state index in [4.69, 9.17) is 5.73 Å². The molecule has 2 heterocycles. The maximum atomic E-state index is 5.45. The summed E-state index contributed by atoms with van der Waals surface area (Å²) in [6.45, 7) is 0.637. The summed E-state index contributed by atoms with van der Waals surface area (Å²) in [5.74, 6) is 0. The van der Waals surface area contributed by atoms with Crippen LogP contribution in [0.3, 0.4) is 0 Å². The van der Waals surface area contributed by atoms with E-state index in [2.05, 4.69) is 15.2 Å². The van der Waals surface area contributed by atoms with Gasteiger partial charge in [-0.15, -0.1) is 11.3 Å². The molecule has 0 unspecified atom stereocenters. The van der Waals surface area contributed by atoms with Crippen molar-refractivity contribution in [3.63, 3.8) is 0 Å². The maximum absolute atomic E-state index is 5.45. The van der Waals surface area contributed by atoms with Crippen molar-refractivity contribution in [2.45, 2.75) is 6.42 Å². The number of aromatic nitrogens is 3. The molecule has 2 aromatic rings. The molecule has 0 aliphatic carbocycles. The molecule has 0 aliphatic rings. The SMILES string of the molecule is NCCc1csc(-c2ccnnc2)n1. The highest BCUT2D eigenvalue weighted by Gasteiger charge is 2.03. The average Bonchev–Trinajstić information content (AvgIpc) is 2.68. The van der Waals surface area contributed by atoms with Crippen LogP contribution >= 0.6 is 11.3 Å². The van der Waals surface area contributed by atoms with Crippen LogP contribution < -0.4 is 5.73 Å². The third-order valence-electron chi connectivity index (χ3n) is 1.78. The summed E-state index contributed by atoms with van der Waals surface area (Å²) < 4.78 is 0. The molecule has 0 bridgehead atoms. The maximum Gasteiger partial charge on any atom is 0.125 e. The van der Waals surface area contributed by atoms with Crippen LogP contribution in [0.4, 0.5) is 0 Å². The van der Waals surface area contributed by atoms with Gasteiger partial charge in [-0.2, -0.15) is 10.2 Å². The highest BCUT2D eigenvalue weighted by molar-refractivity contribution is 7.13. The molecule has 72 valence electrons. The predicted octanol–water partition coefficient (Wildman–Crippen LogP) is 1.10. The molecule has 0 spiro atoms. The first-order chi connectivity index (χ1) is 6.90. The molecule has 0 amide bonds. The van der Waals surface area contributed by atoms with Crippen molar-refractivity contribution in [3.8, 4) is 10.6 Å². The van der Waals surface area contributed by atoms with Gasteiger partial charge in [0.1, 0.15) is 5.01 Å². The lowest BCUT2D eigenvalue weighted by atomic mass is 10.3. The lowest BCUT2D eigenvalue weighted by Gasteiger charge is -1.92. The Morgan fingerprint density at radius 3 is 3.00 bits per heavy atom. The molecule has 0 saturated carbocycles. The molecule has 14 heavy (non-hydrogen) atoms. The van der Waals surface area contributed by atoms with Crippen molar-refractivity contribution in [2.75, 3.05) is 6.54 Å². The third kappa shape index (κ3) is 1.94. The second-order valence-electron chi connectivity index (χ2n) is 2.81. The van der Waals surface area contributed by atoms with Gasteiger partial charge >= 0.3 is 0 Å². The molecule has 2 rings (SSSR count). The lowest BCUT2D eigenvalue weighted by Crippen LogP contribution is -2.02. The van der Waals surface area contributed by atoms with Gasteiger partial charge in [-0.05, 0) is 12.6 Å². The Kier molecular flexibility index (Phi) is 2.81. The largest absolute Gasteiger partial charge is 0.330 e. The van der Waals surface area contributed by atoms with Gasteiger partial charge in [0.05, 0.1) is 18.1 Å². The Hall–Kier alpha value is -1.33. The zero-order chi connectivity index (χ0) is 9.80. The molecule has 2 aromatic heterocycles. The van der Waals surface area contributed by atoms with E-state index < -0.39 is 0 Å². The molecule has 0 fully saturated rings. The first-order valence-corrected chi connectivity index (χ1v) is 5.19. The Balaban J connectivity index is 2.25. The first-order valence-electron chi connectivity index (χ1n) is 4.31. The summed E-state index contributed by atoms with van der Waals surface area (Å²) in [4.78, 5) is 4.44. The van der Waals surface area contributed by atoms with E-state index in [9.17, 15) is 0 Å². The molecule has 2 N–H and O–H groups in total. The standard InChI is InChI=1S/C9H10N4S/c10-3-1-8-6-14-9(13-8)7-2-4-11-12-5-7/h2,4-6H,1,3,10H2. The quantitative estimate of drug-likeness (QED) is 0.816. The Morgan fingerprint density at radius 2 is 2.29 bits per heavy atom. The van der Waals surface area contributed by atoms with Crippen LogP contribution in [0.25, 0.3) is 10.6 Å². The monoisotopic (exact) mass is 206 g/mol. The van der Waals surface area contributed by atoms with Crippen molar-refractivity contribution >= 4 is 11.3 Å². The van der Waals surface area contributed by atoms with Crippen LogP contribution in [0.15, 0.2) is 23.8 Å². The summed E-state index contributed by atoms with van der Waals surface area (Å²) >= 11 is 1.61. The van der Waals surface area contributed by atoms with Gasteiger partial charge in [0, 0.05) is 17.4 Å². The molecular weight excluding hydrogens is 196 g/mol. The molecule has 0 aliphatic heterocycles. The van der Waals surface area contributed by atoms with E-state index in [0.29, 0.717) is 6.54 Å². The molecule has 0 saturated heterocycles. The van der Waals surface area contributed by atoms with E-state index >= 15 is 0 Å². The second-order valence-corrected chi connectivity index (χ2v) is 3.67. The van der Waals surface area contributed by atoms with Gasteiger partial charge in [0.25, 0.3) is 0 Å². The van der Waals surface area contributed by atoms with Crippen molar-refractivity contribution in [3.05, 3.63) is 29.5 Å². The number of hydrogen-bond acceptors (Lipinski definition) is 5. The van der Waals surface area contributed by atoms with Gasteiger partial charge in [0.2, 0.25) is 0 Å². The number of rotatable bonds is 3. The van der Waals surface area contributed by atoms with Crippen LogP contribution in [0, 0.1) is 0 Å². The van der Waals surface area contributed by atoms with Crippen molar-refractivity contribution in [2.24, 2.45) is 5.73 Å². The van der Waals surface area contributed by atoms with Crippen molar-refractivity contribution in [1.29, 1.82) is 0 Å². The van der Waals surface area contributed by atoms with Crippen LogP contribution in [0.5, 0.6) is 0 Å². The highest BCUT2D eigenvalue weighted by atomic mass is 32.1. The minimum Gasteiger partial charge on any atom is -0.330 e. The van der Waals surface area contributed by atoms with Gasteiger partial charge in [-0.3, -0.25) is 0 Å². The summed E-state index contributed by atoms with van der Waals surface area (Å²) in [6.07, 6.45) is 4.21. The summed E-state index contributed by atoms with van der Waals surface area (Å²) in [6, 6.07) is 1.90. The van der Waals surface area contributed by atoms with Gasteiger partial charge in [-0.25, -0.2) is 4.98 Å². The van der Waals surface area contributed by atoms with Crippen LogP contribution in [-0.4, -0.2) is 21.7 Å². The predicted molar refractivity (Wildman–Crippen MR) is 55.9 cm³/mol.